The second kappa shape index (κ2) is 6.20. The first-order valence-electron chi connectivity index (χ1n) is 7.45. The second-order valence-corrected chi connectivity index (χ2v) is 5.67. The molecule has 2 aliphatic rings. The van der Waals surface area contributed by atoms with Crippen LogP contribution in [-0.2, 0) is 9.59 Å². The van der Waals surface area contributed by atoms with Crippen molar-refractivity contribution in [3.05, 3.63) is 18.6 Å². The fourth-order valence-electron chi connectivity index (χ4n) is 2.99. The van der Waals surface area contributed by atoms with Gasteiger partial charge < -0.3 is 9.64 Å². The van der Waals surface area contributed by atoms with Crippen LogP contribution in [0.4, 0.5) is 0 Å². The summed E-state index contributed by atoms with van der Waals surface area (Å²) in [6.07, 6.45) is 8.05. The Labute approximate surface area is 123 Å². The molecule has 21 heavy (non-hydrogen) atoms. The summed E-state index contributed by atoms with van der Waals surface area (Å²) in [5.74, 6) is 0.968. The lowest BCUT2D eigenvalue weighted by atomic mass is 9.87. The molecule has 1 aliphatic heterocycles. The Hall–Kier alpha value is -1.98. The number of carbonyl (C=O) groups excluding carboxylic acids is 2. The molecule has 2 fully saturated rings. The lowest BCUT2D eigenvalue weighted by Crippen LogP contribution is -2.37. The maximum atomic E-state index is 12.4. The van der Waals surface area contributed by atoms with Crippen LogP contribution in [0, 0.1) is 5.92 Å². The van der Waals surface area contributed by atoms with Gasteiger partial charge in [-0.15, -0.1) is 0 Å². The van der Waals surface area contributed by atoms with Crippen LogP contribution in [0.1, 0.15) is 32.1 Å². The van der Waals surface area contributed by atoms with E-state index in [-0.39, 0.29) is 23.7 Å². The quantitative estimate of drug-likeness (QED) is 0.836. The molecule has 2 heterocycles. The van der Waals surface area contributed by atoms with Gasteiger partial charge in [-0.2, -0.15) is 0 Å². The molecule has 0 N–H and O–H groups in total. The van der Waals surface area contributed by atoms with E-state index in [0.717, 1.165) is 6.42 Å². The molecule has 6 nitrogen and oxygen atoms in total. The van der Waals surface area contributed by atoms with Gasteiger partial charge in [0, 0.05) is 44.1 Å². The molecule has 6 heteroatoms. The topological polar surface area (TPSA) is 72.4 Å². The van der Waals surface area contributed by atoms with E-state index in [2.05, 4.69) is 9.97 Å². The summed E-state index contributed by atoms with van der Waals surface area (Å²) in [5.41, 5.74) is 0. The molecule has 1 aromatic rings. The van der Waals surface area contributed by atoms with E-state index < -0.39 is 0 Å². The Kier molecular flexibility index (Phi) is 4.13. The van der Waals surface area contributed by atoms with Crippen molar-refractivity contribution >= 4 is 11.7 Å². The number of likely N-dealkylation sites (tertiary alicyclic amines) is 1. The van der Waals surface area contributed by atoms with Gasteiger partial charge in [0.15, 0.2) is 0 Å². The number of aromatic nitrogens is 2. The molecule has 112 valence electrons. The highest BCUT2D eigenvalue weighted by atomic mass is 16.5. The number of ketones is 1. The molecule has 1 aromatic heterocycles. The lowest BCUT2D eigenvalue weighted by molar-refractivity contribution is -0.136. The minimum Gasteiger partial charge on any atom is -0.471 e. The fourth-order valence-corrected chi connectivity index (χ4v) is 2.99. The van der Waals surface area contributed by atoms with E-state index in [1.165, 1.54) is 0 Å². The van der Waals surface area contributed by atoms with E-state index >= 15 is 0 Å². The average Bonchev–Trinajstić information content (AvgIpc) is 2.97. The highest BCUT2D eigenvalue weighted by molar-refractivity contribution is 5.84. The van der Waals surface area contributed by atoms with Crippen molar-refractivity contribution in [2.75, 3.05) is 13.1 Å². The zero-order valence-electron chi connectivity index (χ0n) is 11.9. The van der Waals surface area contributed by atoms with Crippen LogP contribution < -0.4 is 4.74 Å². The normalized spacial score (nSPS) is 23.3. The summed E-state index contributed by atoms with van der Waals surface area (Å²) in [6, 6.07) is 0. The highest BCUT2D eigenvalue weighted by Crippen LogP contribution is 2.26. The maximum Gasteiger partial charge on any atom is 0.232 e. The number of amides is 1. The van der Waals surface area contributed by atoms with Crippen molar-refractivity contribution in [2.24, 2.45) is 5.92 Å². The summed E-state index contributed by atoms with van der Waals surface area (Å²) >= 11 is 0. The Bertz CT molecular complexity index is 510. The number of nitrogens with zero attached hydrogens (tertiary/aromatic N) is 3. The molecule has 1 saturated heterocycles. The maximum absolute atomic E-state index is 12.4. The first-order chi connectivity index (χ1) is 10.2. The summed E-state index contributed by atoms with van der Waals surface area (Å²) < 4.78 is 5.74. The van der Waals surface area contributed by atoms with Crippen molar-refractivity contribution in [1.29, 1.82) is 0 Å². The number of hydrogen-bond acceptors (Lipinski definition) is 5. The highest BCUT2D eigenvalue weighted by Gasteiger charge is 2.33. The van der Waals surface area contributed by atoms with Gasteiger partial charge in [0.1, 0.15) is 11.9 Å². The molecule has 0 radical (unpaired) electrons. The Morgan fingerprint density at radius 1 is 1.24 bits per heavy atom. The molecular weight excluding hydrogens is 270 g/mol. The Morgan fingerprint density at radius 3 is 2.76 bits per heavy atom. The van der Waals surface area contributed by atoms with Gasteiger partial charge in [0.2, 0.25) is 11.8 Å². The number of rotatable bonds is 3. The molecule has 0 spiro atoms. The summed E-state index contributed by atoms with van der Waals surface area (Å²) in [6.45, 7) is 1.31. The Balaban J connectivity index is 1.52. The van der Waals surface area contributed by atoms with Gasteiger partial charge in [-0.25, -0.2) is 4.98 Å². The monoisotopic (exact) mass is 289 g/mol. The third kappa shape index (κ3) is 3.37. The predicted molar refractivity (Wildman–Crippen MR) is 74.6 cm³/mol. The zero-order valence-corrected chi connectivity index (χ0v) is 11.9. The van der Waals surface area contributed by atoms with Gasteiger partial charge in [0.05, 0.1) is 12.7 Å². The van der Waals surface area contributed by atoms with Crippen LogP contribution in [0.2, 0.25) is 0 Å². The molecule has 1 amide bonds. The minimum atomic E-state index is -0.0177. The molecule has 0 aromatic carbocycles. The first kappa shape index (κ1) is 14.0. The SMILES string of the molecule is O=C1CCC(C(=O)N2CCC(Oc3cnccn3)C2)CC1. The van der Waals surface area contributed by atoms with Crippen LogP contribution in [0.3, 0.4) is 0 Å². The number of carbonyl (C=O) groups is 2. The zero-order chi connectivity index (χ0) is 14.7. The van der Waals surface area contributed by atoms with E-state index in [4.69, 9.17) is 4.74 Å². The van der Waals surface area contributed by atoms with Crippen molar-refractivity contribution in [2.45, 2.75) is 38.2 Å². The molecule has 1 saturated carbocycles. The fraction of sp³-hybridized carbons (Fsp3) is 0.600. The van der Waals surface area contributed by atoms with Crippen LogP contribution in [0.25, 0.3) is 0 Å². The van der Waals surface area contributed by atoms with E-state index in [1.807, 2.05) is 4.90 Å². The van der Waals surface area contributed by atoms with Crippen molar-refractivity contribution in [1.82, 2.24) is 14.9 Å². The van der Waals surface area contributed by atoms with Gasteiger partial charge >= 0.3 is 0 Å². The molecule has 1 aliphatic carbocycles. The van der Waals surface area contributed by atoms with Crippen LogP contribution in [-0.4, -0.2) is 45.8 Å². The van der Waals surface area contributed by atoms with Crippen molar-refractivity contribution < 1.29 is 14.3 Å². The summed E-state index contributed by atoms with van der Waals surface area (Å²) in [7, 11) is 0. The van der Waals surface area contributed by atoms with Crippen molar-refractivity contribution in [3.8, 4) is 5.88 Å². The van der Waals surface area contributed by atoms with Gasteiger partial charge in [0.25, 0.3) is 0 Å². The summed E-state index contributed by atoms with van der Waals surface area (Å²) in [4.78, 5) is 33.6. The Morgan fingerprint density at radius 2 is 2.05 bits per heavy atom. The van der Waals surface area contributed by atoms with E-state index in [1.54, 1.807) is 18.6 Å². The number of hydrogen-bond donors (Lipinski definition) is 0. The van der Waals surface area contributed by atoms with Gasteiger partial charge in [-0.3, -0.25) is 14.6 Å². The molecule has 0 bridgehead atoms. The van der Waals surface area contributed by atoms with E-state index in [0.29, 0.717) is 44.7 Å². The predicted octanol–water partition coefficient (Wildman–Crippen LogP) is 1.22. The summed E-state index contributed by atoms with van der Waals surface area (Å²) in [5, 5.41) is 0. The molecular formula is C15H19N3O3. The first-order valence-corrected chi connectivity index (χ1v) is 7.45. The molecule has 3 rings (SSSR count). The standard InChI is InChI=1S/C15H19N3O3/c19-12-3-1-11(2-4-12)15(20)18-8-5-13(10-18)21-14-9-16-6-7-17-14/h6-7,9,11,13H,1-5,8,10H2. The van der Waals surface area contributed by atoms with Crippen LogP contribution >= 0.6 is 0 Å². The largest absolute Gasteiger partial charge is 0.471 e. The average molecular weight is 289 g/mol. The molecule has 1 unspecified atom stereocenters. The second-order valence-electron chi connectivity index (χ2n) is 5.67. The van der Waals surface area contributed by atoms with Crippen molar-refractivity contribution in [3.63, 3.8) is 0 Å². The van der Waals surface area contributed by atoms with Gasteiger partial charge in [-0.1, -0.05) is 0 Å². The van der Waals surface area contributed by atoms with Crippen LogP contribution in [0.5, 0.6) is 5.88 Å². The molecule has 1 atom stereocenters. The smallest absolute Gasteiger partial charge is 0.232 e. The number of ether oxygens (including phenoxy) is 1. The minimum absolute atomic E-state index is 0.0120. The van der Waals surface area contributed by atoms with Crippen LogP contribution in [0.15, 0.2) is 18.6 Å². The van der Waals surface area contributed by atoms with E-state index in [9.17, 15) is 9.59 Å². The lowest BCUT2D eigenvalue weighted by Gasteiger charge is -2.25. The third-order valence-electron chi connectivity index (χ3n) is 4.18. The third-order valence-corrected chi connectivity index (χ3v) is 4.18. The number of Topliss-reactive ketones (excluding diaryl/α,β-unsaturated/α-hetero) is 1. The van der Waals surface area contributed by atoms with Gasteiger partial charge in [-0.05, 0) is 12.8 Å².